The van der Waals surface area contributed by atoms with Crippen molar-refractivity contribution < 1.29 is 19.4 Å². The molecule has 0 aliphatic carbocycles. The summed E-state index contributed by atoms with van der Waals surface area (Å²) in [5.41, 5.74) is -0.196. The smallest absolute Gasteiger partial charge is 0.339 e. The van der Waals surface area contributed by atoms with Crippen LogP contribution in [-0.2, 0) is 9.53 Å². The van der Waals surface area contributed by atoms with Gasteiger partial charge in [-0.3, -0.25) is 4.79 Å². The van der Waals surface area contributed by atoms with Crippen molar-refractivity contribution in [3.05, 3.63) is 27.7 Å². The van der Waals surface area contributed by atoms with Gasteiger partial charge in [0.05, 0.1) is 15.7 Å². The molecule has 1 aromatic rings. The molecule has 7 heteroatoms. The standard InChI is InChI=1S/C12H13Cl2NO4/c1-19-6-2-3-9(16)15-11-8(14)5-4-7(13)10(11)12(17)18/h4-5H,2-3,6H2,1H3,(H,15,16)(H,17,18). The highest BCUT2D eigenvalue weighted by Crippen LogP contribution is 2.32. The summed E-state index contributed by atoms with van der Waals surface area (Å²) in [7, 11) is 1.54. The molecule has 2 N–H and O–H groups in total. The summed E-state index contributed by atoms with van der Waals surface area (Å²) in [5.74, 6) is -1.59. The summed E-state index contributed by atoms with van der Waals surface area (Å²) in [6.07, 6.45) is 0.735. The van der Waals surface area contributed by atoms with Crippen LogP contribution in [0.15, 0.2) is 12.1 Å². The molecular formula is C12H13Cl2NO4. The molecule has 0 spiro atoms. The van der Waals surface area contributed by atoms with Gasteiger partial charge in [-0.15, -0.1) is 0 Å². The van der Waals surface area contributed by atoms with Crippen LogP contribution in [0.2, 0.25) is 10.0 Å². The molecule has 0 aliphatic rings. The lowest BCUT2D eigenvalue weighted by molar-refractivity contribution is -0.116. The molecule has 0 atom stereocenters. The topological polar surface area (TPSA) is 75.6 Å². The van der Waals surface area contributed by atoms with Crippen LogP contribution < -0.4 is 5.32 Å². The first-order chi connectivity index (χ1) is 8.97. The summed E-state index contributed by atoms with van der Waals surface area (Å²) in [6, 6.07) is 2.80. The molecule has 0 unspecified atom stereocenters. The van der Waals surface area contributed by atoms with E-state index in [-0.39, 0.29) is 33.6 Å². The van der Waals surface area contributed by atoms with Crippen molar-refractivity contribution in [1.29, 1.82) is 0 Å². The van der Waals surface area contributed by atoms with Gasteiger partial charge < -0.3 is 15.2 Å². The first kappa shape index (κ1) is 15.8. The quantitative estimate of drug-likeness (QED) is 0.792. The molecule has 0 aromatic heterocycles. The van der Waals surface area contributed by atoms with E-state index in [0.29, 0.717) is 13.0 Å². The highest BCUT2D eigenvalue weighted by Gasteiger charge is 2.19. The van der Waals surface area contributed by atoms with Crippen molar-refractivity contribution in [2.45, 2.75) is 12.8 Å². The Kier molecular flexibility index (Phi) is 6.08. The minimum atomic E-state index is -1.25. The van der Waals surface area contributed by atoms with Gasteiger partial charge in [-0.2, -0.15) is 0 Å². The molecule has 1 aromatic carbocycles. The van der Waals surface area contributed by atoms with Gasteiger partial charge in [0.1, 0.15) is 5.56 Å². The zero-order valence-corrected chi connectivity index (χ0v) is 11.7. The number of carbonyl (C=O) groups excluding carboxylic acids is 1. The van der Waals surface area contributed by atoms with Gasteiger partial charge in [0.2, 0.25) is 5.91 Å². The maximum atomic E-state index is 11.7. The Morgan fingerprint density at radius 2 is 1.95 bits per heavy atom. The van der Waals surface area contributed by atoms with Gasteiger partial charge in [0.15, 0.2) is 0 Å². The Labute approximate surface area is 120 Å². The fraction of sp³-hybridized carbons (Fsp3) is 0.333. The molecule has 0 saturated carbocycles. The van der Waals surface area contributed by atoms with Crippen molar-refractivity contribution in [2.24, 2.45) is 0 Å². The lowest BCUT2D eigenvalue weighted by Crippen LogP contribution is -2.15. The number of methoxy groups -OCH3 is 1. The highest BCUT2D eigenvalue weighted by atomic mass is 35.5. The maximum absolute atomic E-state index is 11.7. The van der Waals surface area contributed by atoms with Crippen LogP contribution >= 0.6 is 23.2 Å². The number of anilines is 1. The van der Waals surface area contributed by atoms with Crippen molar-refractivity contribution in [2.75, 3.05) is 19.0 Å². The molecule has 0 heterocycles. The summed E-state index contributed by atoms with van der Waals surface area (Å²) in [5, 5.41) is 11.7. The predicted octanol–water partition coefficient (Wildman–Crippen LogP) is 3.06. The van der Waals surface area contributed by atoms with E-state index < -0.39 is 5.97 Å². The summed E-state index contributed by atoms with van der Waals surface area (Å²) in [4.78, 5) is 22.8. The Morgan fingerprint density at radius 3 is 2.53 bits per heavy atom. The third-order valence-corrected chi connectivity index (χ3v) is 2.96. The van der Waals surface area contributed by atoms with Crippen LogP contribution in [-0.4, -0.2) is 30.7 Å². The van der Waals surface area contributed by atoms with E-state index >= 15 is 0 Å². The second kappa shape index (κ2) is 7.33. The van der Waals surface area contributed by atoms with Crippen molar-refractivity contribution >= 4 is 40.8 Å². The normalized spacial score (nSPS) is 10.3. The lowest BCUT2D eigenvalue weighted by Gasteiger charge is -2.11. The van der Waals surface area contributed by atoms with Crippen LogP contribution in [0.3, 0.4) is 0 Å². The van der Waals surface area contributed by atoms with Gasteiger partial charge in [0.25, 0.3) is 0 Å². The number of nitrogens with one attached hydrogen (secondary N) is 1. The number of halogens is 2. The fourth-order valence-corrected chi connectivity index (χ4v) is 1.91. The second-order valence-electron chi connectivity index (χ2n) is 3.73. The third kappa shape index (κ3) is 4.38. The van der Waals surface area contributed by atoms with Crippen molar-refractivity contribution in [1.82, 2.24) is 0 Å². The van der Waals surface area contributed by atoms with Crippen molar-refractivity contribution in [3.63, 3.8) is 0 Å². The van der Waals surface area contributed by atoms with Crippen LogP contribution in [0.1, 0.15) is 23.2 Å². The molecule has 1 amide bonds. The van der Waals surface area contributed by atoms with Crippen LogP contribution in [0.4, 0.5) is 5.69 Å². The second-order valence-corrected chi connectivity index (χ2v) is 4.54. The van der Waals surface area contributed by atoms with Crippen LogP contribution in [0.5, 0.6) is 0 Å². The van der Waals surface area contributed by atoms with Crippen LogP contribution in [0.25, 0.3) is 0 Å². The average molecular weight is 306 g/mol. The SMILES string of the molecule is COCCCC(=O)Nc1c(Cl)ccc(Cl)c1C(=O)O. The molecular weight excluding hydrogens is 293 g/mol. The lowest BCUT2D eigenvalue weighted by atomic mass is 10.1. The largest absolute Gasteiger partial charge is 0.478 e. The number of carboxylic acid groups (broad SMARTS) is 1. The van der Waals surface area contributed by atoms with E-state index in [2.05, 4.69) is 5.32 Å². The number of hydrogen-bond acceptors (Lipinski definition) is 3. The number of amides is 1. The van der Waals surface area contributed by atoms with E-state index in [1.165, 1.54) is 19.2 Å². The molecule has 1 rings (SSSR count). The maximum Gasteiger partial charge on any atom is 0.339 e. The van der Waals surface area contributed by atoms with Crippen molar-refractivity contribution in [3.8, 4) is 0 Å². The Balaban J connectivity index is 2.91. The molecule has 104 valence electrons. The summed E-state index contributed by atoms with van der Waals surface area (Å²) < 4.78 is 4.83. The van der Waals surface area contributed by atoms with Crippen LogP contribution in [0, 0.1) is 0 Å². The molecule has 5 nitrogen and oxygen atoms in total. The zero-order valence-electron chi connectivity index (χ0n) is 10.2. The number of carbonyl (C=O) groups is 2. The Hall–Kier alpha value is -1.30. The van der Waals surface area contributed by atoms with E-state index in [1.54, 1.807) is 0 Å². The number of benzene rings is 1. The number of carboxylic acids is 1. The number of hydrogen-bond donors (Lipinski definition) is 2. The number of rotatable bonds is 6. The summed E-state index contributed by atoms with van der Waals surface area (Å²) in [6.45, 7) is 0.447. The third-order valence-electron chi connectivity index (χ3n) is 2.33. The van der Waals surface area contributed by atoms with E-state index in [4.69, 9.17) is 33.0 Å². The van der Waals surface area contributed by atoms with E-state index in [1.807, 2.05) is 0 Å². The van der Waals surface area contributed by atoms with Gasteiger partial charge >= 0.3 is 5.97 Å². The minimum absolute atomic E-state index is 0.0177. The first-order valence-electron chi connectivity index (χ1n) is 5.47. The Morgan fingerprint density at radius 1 is 1.32 bits per heavy atom. The summed E-state index contributed by atoms with van der Waals surface area (Å²) >= 11 is 11.7. The predicted molar refractivity (Wildman–Crippen MR) is 73.2 cm³/mol. The molecule has 19 heavy (non-hydrogen) atoms. The monoisotopic (exact) mass is 305 g/mol. The highest BCUT2D eigenvalue weighted by molar-refractivity contribution is 6.38. The number of aromatic carboxylic acids is 1. The first-order valence-corrected chi connectivity index (χ1v) is 6.23. The fourth-order valence-electron chi connectivity index (χ4n) is 1.46. The average Bonchev–Trinajstić information content (AvgIpc) is 2.34. The minimum Gasteiger partial charge on any atom is -0.478 e. The van der Waals surface area contributed by atoms with E-state index in [0.717, 1.165) is 0 Å². The molecule has 0 saturated heterocycles. The van der Waals surface area contributed by atoms with Gasteiger partial charge in [-0.25, -0.2) is 4.79 Å². The number of ether oxygens (including phenoxy) is 1. The Bertz CT molecular complexity index is 491. The van der Waals surface area contributed by atoms with Gasteiger partial charge in [-0.05, 0) is 18.6 Å². The molecule has 0 radical (unpaired) electrons. The molecule has 0 aliphatic heterocycles. The zero-order chi connectivity index (χ0) is 14.4. The van der Waals surface area contributed by atoms with E-state index in [9.17, 15) is 9.59 Å². The molecule has 0 fully saturated rings. The molecule has 0 bridgehead atoms. The van der Waals surface area contributed by atoms with Gasteiger partial charge in [-0.1, -0.05) is 23.2 Å². The van der Waals surface area contributed by atoms with Gasteiger partial charge in [0, 0.05) is 20.1 Å².